The van der Waals surface area contributed by atoms with E-state index in [2.05, 4.69) is 9.88 Å². The van der Waals surface area contributed by atoms with E-state index in [-0.39, 0.29) is 45.6 Å². The number of carbonyl (C=O) groups excluding carboxylic acids is 2. The molecule has 0 fully saturated rings. The van der Waals surface area contributed by atoms with Crippen LogP contribution in [-0.4, -0.2) is 43.4 Å². The summed E-state index contributed by atoms with van der Waals surface area (Å²) in [5, 5.41) is 3.79. The van der Waals surface area contributed by atoms with Crippen LogP contribution in [0, 0.1) is 13.8 Å². The van der Waals surface area contributed by atoms with Gasteiger partial charge in [0.1, 0.15) is 10.6 Å². The number of aromatic nitrogens is 1. The highest BCUT2D eigenvalue weighted by Crippen LogP contribution is 2.28. The van der Waals surface area contributed by atoms with E-state index in [1.165, 1.54) is 26.0 Å². The number of carbonyl (C=O) groups is 2. The highest BCUT2D eigenvalue weighted by molar-refractivity contribution is 7.89. The quantitative estimate of drug-likeness (QED) is 0.784. The van der Waals surface area contributed by atoms with Crippen LogP contribution in [0.25, 0.3) is 0 Å². The number of rotatable bonds is 5. The van der Waals surface area contributed by atoms with E-state index in [9.17, 15) is 18.0 Å². The molecule has 1 aromatic heterocycles. The Morgan fingerprint density at radius 1 is 1.24 bits per heavy atom. The summed E-state index contributed by atoms with van der Waals surface area (Å²) in [4.78, 5) is 25.6. The predicted molar refractivity (Wildman–Crippen MR) is 88.0 cm³/mol. The van der Waals surface area contributed by atoms with Crippen molar-refractivity contribution in [3.8, 4) is 0 Å². The number of halogens is 1. The Balaban J connectivity index is 1.73. The van der Waals surface area contributed by atoms with Crippen LogP contribution in [0.15, 0.2) is 27.6 Å². The van der Waals surface area contributed by atoms with Crippen molar-refractivity contribution in [3.05, 3.63) is 45.8 Å². The number of nitrogens with one attached hydrogen (secondary N) is 1. The average molecular weight is 384 g/mol. The van der Waals surface area contributed by atoms with Gasteiger partial charge in [-0.3, -0.25) is 14.5 Å². The summed E-state index contributed by atoms with van der Waals surface area (Å²) in [6, 6.07) is 4.61. The third kappa shape index (κ3) is 2.94. The number of nitrogens with zero attached hydrogens (tertiary/aromatic N) is 2. The lowest BCUT2D eigenvalue weighted by Gasteiger charge is -2.14. The minimum atomic E-state index is -3.86. The topological polar surface area (TPSA) is 110 Å². The van der Waals surface area contributed by atoms with E-state index in [0.29, 0.717) is 0 Å². The van der Waals surface area contributed by atoms with Gasteiger partial charge in [0.05, 0.1) is 16.1 Å². The molecule has 0 radical (unpaired) electrons. The number of sulfonamides is 1. The van der Waals surface area contributed by atoms with Crippen molar-refractivity contribution in [1.29, 1.82) is 0 Å². The summed E-state index contributed by atoms with van der Waals surface area (Å²) < 4.78 is 31.8. The molecular weight excluding hydrogens is 370 g/mol. The van der Waals surface area contributed by atoms with Crippen molar-refractivity contribution >= 4 is 33.4 Å². The van der Waals surface area contributed by atoms with Crippen molar-refractivity contribution in [1.82, 2.24) is 14.8 Å². The lowest BCUT2D eigenvalue weighted by molar-refractivity contribution is 0.0657. The number of benzene rings is 1. The maximum Gasteiger partial charge on any atom is 0.263 e. The maximum atomic E-state index is 12.3. The first-order valence-corrected chi connectivity index (χ1v) is 9.17. The van der Waals surface area contributed by atoms with Crippen LogP contribution in [0.1, 0.15) is 32.2 Å². The predicted octanol–water partition coefficient (Wildman–Crippen LogP) is 1.52. The van der Waals surface area contributed by atoms with Gasteiger partial charge in [-0.1, -0.05) is 22.8 Å². The summed E-state index contributed by atoms with van der Waals surface area (Å²) in [5.41, 5.74) is 0.589. The molecule has 0 saturated heterocycles. The minimum Gasteiger partial charge on any atom is -0.360 e. The van der Waals surface area contributed by atoms with E-state index in [4.69, 9.17) is 16.1 Å². The van der Waals surface area contributed by atoms with E-state index in [1.807, 2.05) is 0 Å². The third-order valence-corrected chi connectivity index (χ3v) is 5.83. The average Bonchev–Trinajstić information content (AvgIpc) is 3.00. The molecule has 0 aliphatic carbocycles. The molecule has 0 atom stereocenters. The third-order valence-electron chi connectivity index (χ3n) is 3.81. The van der Waals surface area contributed by atoms with Gasteiger partial charge in [0, 0.05) is 13.1 Å². The zero-order chi connectivity index (χ0) is 18.4. The molecule has 3 rings (SSSR count). The molecule has 8 nitrogen and oxygen atoms in total. The first-order chi connectivity index (χ1) is 11.7. The van der Waals surface area contributed by atoms with Gasteiger partial charge in [0.2, 0.25) is 10.0 Å². The maximum absolute atomic E-state index is 12.3. The fourth-order valence-corrected chi connectivity index (χ4v) is 4.32. The van der Waals surface area contributed by atoms with Gasteiger partial charge in [-0.05, 0) is 26.0 Å². The molecule has 0 unspecified atom stereocenters. The van der Waals surface area contributed by atoms with Crippen LogP contribution in [0.2, 0.25) is 5.02 Å². The van der Waals surface area contributed by atoms with E-state index in [1.54, 1.807) is 6.07 Å². The number of aryl methyl sites for hydroxylation is 2. The summed E-state index contributed by atoms with van der Waals surface area (Å²) in [5.74, 6) is -0.876. The molecule has 10 heteroatoms. The van der Waals surface area contributed by atoms with Crippen molar-refractivity contribution in [2.45, 2.75) is 18.7 Å². The second kappa shape index (κ2) is 6.25. The van der Waals surface area contributed by atoms with E-state index >= 15 is 0 Å². The molecule has 2 aromatic rings. The standard InChI is InChI=1S/C15H14ClN3O5S/c1-8-13(9(2)24-18-8)25(22,23)17-6-7-19-14(20)10-4-3-5-11(16)12(10)15(19)21/h3-5,17H,6-7H2,1-2H3. The Labute approximate surface area is 148 Å². The molecule has 1 aliphatic heterocycles. The molecule has 25 heavy (non-hydrogen) atoms. The van der Waals surface area contributed by atoms with Crippen molar-refractivity contribution in [2.75, 3.05) is 13.1 Å². The first-order valence-electron chi connectivity index (χ1n) is 7.31. The zero-order valence-electron chi connectivity index (χ0n) is 13.4. The molecule has 2 amide bonds. The van der Waals surface area contributed by atoms with Crippen LogP contribution in [0.5, 0.6) is 0 Å². The second-order valence-electron chi connectivity index (χ2n) is 5.48. The van der Waals surface area contributed by atoms with Crippen molar-refractivity contribution in [2.24, 2.45) is 0 Å². The van der Waals surface area contributed by atoms with Gasteiger partial charge in [0.25, 0.3) is 11.8 Å². The molecule has 1 N–H and O–H groups in total. The van der Waals surface area contributed by atoms with Gasteiger partial charge in [0.15, 0.2) is 5.76 Å². The van der Waals surface area contributed by atoms with Gasteiger partial charge < -0.3 is 4.52 Å². The molecule has 0 spiro atoms. The van der Waals surface area contributed by atoms with Crippen LogP contribution in [-0.2, 0) is 10.0 Å². The summed E-state index contributed by atoms with van der Waals surface area (Å²) in [7, 11) is -3.86. The Morgan fingerprint density at radius 3 is 2.56 bits per heavy atom. The van der Waals surface area contributed by atoms with Gasteiger partial charge in [-0.2, -0.15) is 0 Å². The van der Waals surface area contributed by atoms with Crippen LogP contribution < -0.4 is 4.72 Å². The van der Waals surface area contributed by atoms with E-state index in [0.717, 1.165) is 4.90 Å². The largest absolute Gasteiger partial charge is 0.360 e. The van der Waals surface area contributed by atoms with Gasteiger partial charge in [-0.25, -0.2) is 13.1 Å². The fraction of sp³-hybridized carbons (Fsp3) is 0.267. The van der Waals surface area contributed by atoms with Crippen LogP contribution in [0.3, 0.4) is 0 Å². The van der Waals surface area contributed by atoms with Crippen molar-refractivity contribution in [3.63, 3.8) is 0 Å². The molecule has 1 aromatic carbocycles. The SMILES string of the molecule is Cc1noc(C)c1S(=O)(=O)NCCN1C(=O)c2cccc(Cl)c2C1=O. The van der Waals surface area contributed by atoms with Gasteiger partial charge >= 0.3 is 0 Å². The zero-order valence-corrected chi connectivity index (χ0v) is 14.9. The fourth-order valence-electron chi connectivity index (χ4n) is 2.72. The molecule has 132 valence electrons. The lowest BCUT2D eigenvalue weighted by Crippen LogP contribution is -2.38. The Hall–Kier alpha value is -2.23. The summed E-state index contributed by atoms with van der Waals surface area (Å²) >= 11 is 5.98. The monoisotopic (exact) mass is 383 g/mol. The lowest BCUT2D eigenvalue weighted by atomic mass is 10.1. The smallest absolute Gasteiger partial charge is 0.263 e. The van der Waals surface area contributed by atoms with Gasteiger partial charge in [-0.15, -0.1) is 0 Å². The normalized spacial score (nSPS) is 14.3. The molecule has 2 heterocycles. The summed E-state index contributed by atoms with van der Waals surface area (Å²) in [6.45, 7) is 2.73. The Morgan fingerprint density at radius 2 is 1.96 bits per heavy atom. The van der Waals surface area contributed by atoms with Crippen molar-refractivity contribution < 1.29 is 22.5 Å². The number of imide groups is 1. The molecular formula is C15H14ClN3O5S. The summed E-state index contributed by atoms with van der Waals surface area (Å²) in [6.07, 6.45) is 0. The van der Waals surface area contributed by atoms with Crippen LogP contribution in [0.4, 0.5) is 0 Å². The molecule has 0 bridgehead atoms. The molecule has 0 saturated carbocycles. The minimum absolute atomic E-state index is 0.0436. The molecule has 1 aliphatic rings. The Bertz CT molecular complexity index is 964. The van der Waals surface area contributed by atoms with Crippen LogP contribution >= 0.6 is 11.6 Å². The highest BCUT2D eigenvalue weighted by atomic mass is 35.5. The number of hydrogen-bond acceptors (Lipinski definition) is 6. The highest BCUT2D eigenvalue weighted by Gasteiger charge is 2.37. The first kappa shape index (κ1) is 17.6. The second-order valence-corrected chi connectivity index (χ2v) is 7.59. The van der Waals surface area contributed by atoms with E-state index < -0.39 is 21.8 Å². The number of fused-ring (bicyclic) bond motifs is 1. The Kier molecular flexibility index (Phi) is 4.40. The number of amides is 2. The number of hydrogen-bond donors (Lipinski definition) is 1.